The van der Waals surface area contributed by atoms with Crippen LogP contribution in [0.5, 0.6) is 0 Å². The maximum Gasteiger partial charge on any atom is 0.273 e. The van der Waals surface area contributed by atoms with Crippen molar-refractivity contribution in [3.8, 4) is 0 Å². The smallest absolute Gasteiger partial charge is 0.273 e. The second-order valence-corrected chi connectivity index (χ2v) is 7.89. The zero-order valence-electron chi connectivity index (χ0n) is 18.1. The molecule has 0 aliphatic carbocycles. The van der Waals surface area contributed by atoms with Crippen LogP contribution in [0, 0.1) is 5.41 Å². The van der Waals surface area contributed by atoms with E-state index in [0.29, 0.717) is 40.2 Å². The fraction of sp³-hybridized carbons (Fsp3) is 0.318. The number of nitrogens with zero attached hydrogens (tertiary/aromatic N) is 2. The predicted octanol–water partition coefficient (Wildman–Crippen LogP) is 4.29. The van der Waals surface area contributed by atoms with Crippen molar-refractivity contribution < 1.29 is 4.79 Å². The van der Waals surface area contributed by atoms with Crippen molar-refractivity contribution >= 4 is 35.3 Å². The van der Waals surface area contributed by atoms with E-state index < -0.39 is 0 Å². The third kappa shape index (κ3) is 6.87. The molecule has 2 rings (SSSR count). The molecular formula is C22H28Cl2N6O. The highest BCUT2D eigenvalue weighted by Crippen LogP contribution is 2.22. The summed E-state index contributed by atoms with van der Waals surface area (Å²) >= 11 is 12.1. The van der Waals surface area contributed by atoms with Gasteiger partial charge in [-0.3, -0.25) is 4.79 Å². The highest BCUT2D eigenvalue weighted by Gasteiger charge is 2.16. The molecule has 0 saturated heterocycles. The Morgan fingerprint density at radius 1 is 1.19 bits per heavy atom. The SMILES string of the molecule is CC/C(C)=C(/NCc1ccc(Cl)c(Cl)c1)NC(=O)/C(NCc1nccn1C)=C(\C)C=N. The van der Waals surface area contributed by atoms with E-state index in [-0.39, 0.29) is 5.91 Å². The second-order valence-electron chi connectivity index (χ2n) is 7.08. The summed E-state index contributed by atoms with van der Waals surface area (Å²) in [6, 6.07) is 5.41. The molecule has 0 bridgehead atoms. The first-order valence-corrected chi connectivity index (χ1v) is 10.6. The van der Waals surface area contributed by atoms with Crippen molar-refractivity contribution in [1.29, 1.82) is 5.41 Å². The minimum atomic E-state index is -0.334. The molecule has 0 unspecified atom stereocenters. The van der Waals surface area contributed by atoms with E-state index in [1.165, 1.54) is 0 Å². The molecule has 0 fully saturated rings. The van der Waals surface area contributed by atoms with Crippen LogP contribution in [0.25, 0.3) is 0 Å². The second kappa shape index (κ2) is 11.6. The molecule has 7 nitrogen and oxygen atoms in total. The van der Waals surface area contributed by atoms with Crippen molar-refractivity contribution in [3.63, 3.8) is 0 Å². The van der Waals surface area contributed by atoms with Gasteiger partial charge in [-0.05, 0) is 49.1 Å². The Balaban J connectivity index is 2.15. The Hall–Kier alpha value is -2.77. The number of rotatable bonds is 10. The lowest BCUT2D eigenvalue weighted by Gasteiger charge is -2.18. The molecule has 0 atom stereocenters. The van der Waals surface area contributed by atoms with Gasteiger partial charge in [0.15, 0.2) is 0 Å². The van der Waals surface area contributed by atoms with Crippen molar-refractivity contribution in [2.24, 2.45) is 7.05 Å². The number of carbonyl (C=O) groups excluding carboxylic acids is 1. The van der Waals surface area contributed by atoms with E-state index in [1.807, 2.05) is 37.7 Å². The number of aryl methyl sites for hydroxylation is 1. The number of imidazole rings is 1. The van der Waals surface area contributed by atoms with E-state index in [9.17, 15) is 4.79 Å². The van der Waals surface area contributed by atoms with Crippen LogP contribution in [0.2, 0.25) is 10.0 Å². The molecule has 0 radical (unpaired) electrons. The summed E-state index contributed by atoms with van der Waals surface area (Å²) in [4.78, 5) is 17.3. The average Bonchev–Trinajstić information content (AvgIpc) is 3.17. The zero-order valence-corrected chi connectivity index (χ0v) is 19.7. The van der Waals surface area contributed by atoms with Gasteiger partial charge in [0.1, 0.15) is 17.3 Å². The van der Waals surface area contributed by atoms with Gasteiger partial charge in [-0.1, -0.05) is 36.2 Å². The maximum absolute atomic E-state index is 13.1. The number of benzene rings is 1. The lowest BCUT2D eigenvalue weighted by molar-refractivity contribution is -0.117. The van der Waals surface area contributed by atoms with Gasteiger partial charge in [-0.25, -0.2) is 4.98 Å². The number of nitrogens with one attached hydrogen (secondary N) is 4. The summed E-state index contributed by atoms with van der Waals surface area (Å²) in [6.45, 7) is 6.51. The number of carbonyl (C=O) groups is 1. The van der Waals surface area contributed by atoms with Crippen LogP contribution >= 0.6 is 23.2 Å². The van der Waals surface area contributed by atoms with Gasteiger partial charge in [-0.2, -0.15) is 0 Å². The van der Waals surface area contributed by atoms with Gasteiger partial charge in [0.25, 0.3) is 5.91 Å². The van der Waals surface area contributed by atoms with E-state index >= 15 is 0 Å². The molecule has 166 valence electrons. The molecule has 1 aromatic carbocycles. The highest BCUT2D eigenvalue weighted by atomic mass is 35.5. The lowest BCUT2D eigenvalue weighted by Crippen LogP contribution is -2.37. The first kappa shape index (κ1) is 24.5. The number of aromatic nitrogens is 2. The van der Waals surface area contributed by atoms with Crippen LogP contribution in [0.4, 0.5) is 0 Å². The molecule has 0 aliphatic heterocycles. The van der Waals surface area contributed by atoms with E-state index in [0.717, 1.165) is 29.6 Å². The molecule has 1 amide bonds. The van der Waals surface area contributed by atoms with Gasteiger partial charge in [0, 0.05) is 32.2 Å². The summed E-state index contributed by atoms with van der Waals surface area (Å²) in [7, 11) is 1.88. The summed E-state index contributed by atoms with van der Waals surface area (Å²) in [5.74, 6) is 1.06. The predicted molar refractivity (Wildman–Crippen MR) is 126 cm³/mol. The first-order valence-electron chi connectivity index (χ1n) is 9.87. The minimum Gasteiger partial charge on any atom is -0.373 e. The Kier molecular flexibility index (Phi) is 9.15. The van der Waals surface area contributed by atoms with Gasteiger partial charge in [0.2, 0.25) is 0 Å². The van der Waals surface area contributed by atoms with Crippen LogP contribution in [-0.4, -0.2) is 21.7 Å². The summed E-state index contributed by atoms with van der Waals surface area (Å²) in [6.07, 6.45) is 5.44. The van der Waals surface area contributed by atoms with Crippen LogP contribution in [0.15, 0.2) is 53.3 Å². The van der Waals surface area contributed by atoms with Crippen LogP contribution in [0.1, 0.15) is 38.6 Å². The minimum absolute atomic E-state index is 0.316. The standard InChI is InChI=1S/C22H28Cl2N6O/c1-5-14(2)21(28-12-16-6-7-17(23)18(24)10-16)29-22(31)20(15(3)11-25)27-13-19-26-8-9-30(19)4/h6-11,25,27-28H,5,12-13H2,1-4H3,(H,29,31)/b20-15-,21-14-,25-11?. The average molecular weight is 463 g/mol. The van der Waals surface area contributed by atoms with Gasteiger partial charge in [0.05, 0.1) is 16.6 Å². The molecule has 2 aromatic rings. The van der Waals surface area contributed by atoms with Crippen molar-refractivity contribution in [2.45, 2.75) is 40.3 Å². The fourth-order valence-corrected chi connectivity index (χ4v) is 3.02. The molecule has 0 spiro atoms. The molecule has 9 heteroatoms. The Bertz CT molecular complexity index is 1010. The Morgan fingerprint density at radius 3 is 2.52 bits per heavy atom. The Labute approximate surface area is 193 Å². The van der Waals surface area contributed by atoms with Gasteiger partial charge < -0.3 is 25.9 Å². The molecule has 0 aliphatic rings. The number of hydrogen-bond acceptors (Lipinski definition) is 5. The topological polar surface area (TPSA) is 94.8 Å². The number of halogens is 2. The van der Waals surface area contributed by atoms with E-state index in [1.54, 1.807) is 25.3 Å². The summed E-state index contributed by atoms with van der Waals surface area (Å²) in [5.41, 5.74) is 2.76. The largest absolute Gasteiger partial charge is 0.373 e. The van der Waals surface area contributed by atoms with E-state index in [4.69, 9.17) is 28.6 Å². The number of hydrogen-bond donors (Lipinski definition) is 4. The van der Waals surface area contributed by atoms with Crippen molar-refractivity contribution in [3.05, 3.63) is 74.7 Å². The molecule has 31 heavy (non-hydrogen) atoms. The molecule has 4 N–H and O–H groups in total. The third-order valence-electron chi connectivity index (χ3n) is 4.83. The maximum atomic E-state index is 13.1. The normalized spacial score (nSPS) is 12.6. The first-order chi connectivity index (χ1) is 14.8. The lowest BCUT2D eigenvalue weighted by atomic mass is 10.2. The highest BCUT2D eigenvalue weighted by molar-refractivity contribution is 6.42. The van der Waals surface area contributed by atoms with E-state index in [2.05, 4.69) is 20.9 Å². The molecule has 1 heterocycles. The van der Waals surface area contributed by atoms with Gasteiger partial charge >= 0.3 is 0 Å². The van der Waals surface area contributed by atoms with Gasteiger partial charge in [-0.15, -0.1) is 0 Å². The molecular weight excluding hydrogens is 435 g/mol. The molecule has 0 saturated carbocycles. The number of allylic oxidation sites excluding steroid dienone is 2. The van der Waals surface area contributed by atoms with Crippen LogP contribution in [-0.2, 0) is 24.9 Å². The fourth-order valence-electron chi connectivity index (χ4n) is 2.70. The zero-order chi connectivity index (χ0) is 23.0. The van der Waals surface area contributed by atoms with Crippen molar-refractivity contribution in [1.82, 2.24) is 25.5 Å². The van der Waals surface area contributed by atoms with Crippen LogP contribution in [0.3, 0.4) is 0 Å². The monoisotopic (exact) mass is 462 g/mol. The molecule has 1 aromatic heterocycles. The van der Waals surface area contributed by atoms with Crippen LogP contribution < -0.4 is 16.0 Å². The summed E-state index contributed by atoms with van der Waals surface area (Å²) < 4.78 is 1.87. The summed E-state index contributed by atoms with van der Waals surface area (Å²) in [5, 5.41) is 17.9. The third-order valence-corrected chi connectivity index (χ3v) is 5.57. The Morgan fingerprint density at radius 2 is 1.94 bits per heavy atom. The van der Waals surface area contributed by atoms with Crippen molar-refractivity contribution in [2.75, 3.05) is 0 Å². The quantitative estimate of drug-likeness (QED) is 0.312. The number of amides is 1.